The van der Waals surface area contributed by atoms with Gasteiger partial charge in [0.15, 0.2) is 0 Å². The lowest BCUT2D eigenvalue weighted by atomic mass is 10.0. The molecule has 0 heterocycles. The molecule has 0 aliphatic heterocycles. The van der Waals surface area contributed by atoms with Gasteiger partial charge in [-0.05, 0) is 43.9 Å². The van der Waals surface area contributed by atoms with Crippen LogP contribution in [0.4, 0.5) is 0 Å². The minimum absolute atomic E-state index is 0.263. The van der Waals surface area contributed by atoms with Crippen molar-refractivity contribution in [3.63, 3.8) is 0 Å². The van der Waals surface area contributed by atoms with Crippen molar-refractivity contribution in [3.8, 4) is 0 Å². The van der Waals surface area contributed by atoms with Gasteiger partial charge in [-0.1, -0.05) is 0 Å². The molecule has 0 bridgehead atoms. The van der Waals surface area contributed by atoms with E-state index in [0.29, 0.717) is 17.7 Å². The number of carbonyl (C=O) groups excluding carboxylic acids is 1. The molecular formula is C12H18ClNO. The summed E-state index contributed by atoms with van der Waals surface area (Å²) in [6.45, 7) is 0.807. The van der Waals surface area contributed by atoms with Gasteiger partial charge in [0.25, 0.3) is 0 Å². The second-order valence-electron chi connectivity index (χ2n) is 5.78. The van der Waals surface area contributed by atoms with E-state index in [1.54, 1.807) is 0 Å². The molecule has 3 aliphatic rings. The number of alkyl halides is 1. The highest BCUT2D eigenvalue weighted by Gasteiger charge is 2.48. The zero-order chi connectivity index (χ0) is 10.5. The zero-order valence-corrected chi connectivity index (χ0v) is 9.72. The van der Waals surface area contributed by atoms with Gasteiger partial charge in [0.1, 0.15) is 0 Å². The molecule has 3 aliphatic carbocycles. The van der Waals surface area contributed by atoms with Gasteiger partial charge < -0.3 is 5.32 Å². The molecule has 2 unspecified atom stereocenters. The van der Waals surface area contributed by atoms with Crippen LogP contribution in [-0.2, 0) is 4.79 Å². The first kappa shape index (κ1) is 9.95. The van der Waals surface area contributed by atoms with E-state index in [4.69, 9.17) is 11.6 Å². The van der Waals surface area contributed by atoms with Gasteiger partial charge in [0.05, 0.1) is 0 Å². The Morgan fingerprint density at radius 1 is 1.27 bits per heavy atom. The summed E-state index contributed by atoms with van der Waals surface area (Å²) in [7, 11) is 0. The summed E-state index contributed by atoms with van der Waals surface area (Å²) in [6, 6.07) is 0. The molecule has 1 N–H and O–H groups in total. The van der Waals surface area contributed by atoms with E-state index in [9.17, 15) is 4.79 Å². The van der Waals surface area contributed by atoms with Gasteiger partial charge in [-0.25, -0.2) is 0 Å². The lowest BCUT2D eigenvalue weighted by molar-refractivity contribution is -0.125. The van der Waals surface area contributed by atoms with Gasteiger partial charge in [-0.3, -0.25) is 4.79 Å². The lowest BCUT2D eigenvalue weighted by Gasteiger charge is -2.16. The molecule has 3 heteroatoms. The Hall–Kier alpha value is -0.240. The van der Waals surface area contributed by atoms with E-state index >= 15 is 0 Å². The van der Waals surface area contributed by atoms with Crippen molar-refractivity contribution >= 4 is 17.5 Å². The van der Waals surface area contributed by atoms with E-state index in [0.717, 1.165) is 31.2 Å². The third-order valence-corrected chi connectivity index (χ3v) is 5.06. The van der Waals surface area contributed by atoms with Gasteiger partial charge in [0, 0.05) is 23.8 Å². The SMILES string of the molecule is O=C(NCC1(CCl)CC1)C1CC2CC2C1. The third kappa shape index (κ3) is 1.89. The minimum Gasteiger partial charge on any atom is -0.355 e. The summed E-state index contributed by atoms with van der Waals surface area (Å²) in [5, 5.41) is 3.10. The van der Waals surface area contributed by atoms with E-state index in [1.165, 1.54) is 19.3 Å². The quantitative estimate of drug-likeness (QED) is 0.733. The predicted molar refractivity (Wildman–Crippen MR) is 59.7 cm³/mol. The van der Waals surface area contributed by atoms with Crippen LogP contribution in [0.25, 0.3) is 0 Å². The Morgan fingerprint density at radius 2 is 1.93 bits per heavy atom. The Morgan fingerprint density at radius 3 is 2.47 bits per heavy atom. The highest BCUT2D eigenvalue weighted by Crippen LogP contribution is 2.54. The number of hydrogen-bond acceptors (Lipinski definition) is 1. The Bertz CT molecular complexity index is 277. The van der Waals surface area contributed by atoms with Crippen molar-refractivity contribution in [3.05, 3.63) is 0 Å². The van der Waals surface area contributed by atoms with Crippen LogP contribution < -0.4 is 5.32 Å². The van der Waals surface area contributed by atoms with Gasteiger partial charge in [0.2, 0.25) is 5.91 Å². The predicted octanol–water partition coefficient (Wildman–Crippen LogP) is 2.17. The first-order chi connectivity index (χ1) is 7.22. The summed E-state index contributed by atoms with van der Waals surface area (Å²) in [5.74, 6) is 3.09. The monoisotopic (exact) mass is 227 g/mol. The molecule has 2 atom stereocenters. The van der Waals surface area contributed by atoms with Crippen LogP contribution in [0, 0.1) is 23.2 Å². The number of fused-ring (bicyclic) bond motifs is 1. The van der Waals surface area contributed by atoms with Crippen LogP contribution in [0.15, 0.2) is 0 Å². The molecule has 0 spiro atoms. The Kier molecular flexibility index (Phi) is 2.24. The molecule has 3 fully saturated rings. The molecule has 0 radical (unpaired) electrons. The normalized spacial score (nSPS) is 39.7. The fraction of sp³-hybridized carbons (Fsp3) is 0.917. The average Bonchev–Trinajstić information content (AvgIpc) is 3.16. The van der Waals surface area contributed by atoms with Crippen molar-refractivity contribution < 1.29 is 4.79 Å². The summed E-state index contributed by atoms with van der Waals surface area (Å²) >= 11 is 5.88. The number of nitrogens with one attached hydrogen (secondary N) is 1. The molecule has 1 amide bonds. The topological polar surface area (TPSA) is 29.1 Å². The number of hydrogen-bond donors (Lipinski definition) is 1. The van der Waals surface area contributed by atoms with E-state index in [-0.39, 0.29) is 5.41 Å². The van der Waals surface area contributed by atoms with Gasteiger partial charge in [-0.15, -0.1) is 11.6 Å². The van der Waals surface area contributed by atoms with Crippen LogP contribution in [0.3, 0.4) is 0 Å². The molecule has 0 saturated heterocycles. The number of rotatable bonds is 4. The van der Waals surface area contributed by atoms with Crippen LogP contribution in [0.1, 0.15) is 32.1 Å². The molecule has 0 aromatic carbocycles. The van der Waals surface area contributed by atoms with Crippen LogP contribution in [0.2, 0.25) is 0 Å². The molecular weight excluding hydrogens is 210 g/mol. The van der Waals surface area contributed by atoms with Crippen molar-refractivity contribution in [1.82, 2.24) is 5.32 Å². The average molecular weight is 228 g/mol. The maximum absolute atomic E-state index is 11.8. The molecule has 84 valence electrons. The fourth-order valence-corrected chi connectivity index (χ4v) is 3.24. The lowest BCUT2D eigenvalue weighted by Crippen LogP contribution is -2.35. The third-order valence-electron chi connectivity index (χ3n) is 4.49. The standard InChI is InChI=1S/C12H18ClNO/c13-6-12(1-2-12)7-14-11(15)10-4-8-3-9(8)5-10/h8-10H,1-7H2,(H,14,15). The molecule has 2 nitrogen and oxygen atoms in total. The zero-order valence-electron chi connectivity index (χ0n) is 8.97. The number of amides is 1. The van der Waals surface area contributed by atoms with E-state index in [1.807, 2.05) is 0 Å². The maximum atomic E-state index is 11.8. The summed E-state index contributed by atoms with van der Waals surface area (Å²) in [5.41, 5.74) is 0.263. The van der Waals surface area contributed by atoms with Gasteiger partial charge in [-0.2, -0.15) is 0 Å². The molecule has 3 saturated carbocycles. The second kappa shape index (κ2) is 3.38. The first-order valence-electron chi connectivity index (χ1n) is 6.06. The summed E-state index contributed by atoms with van der Waals surface area (Å²) in [6.07, 6.45) is 6.05. The highest BCUT2D eigenvalue weighted by molar-refractivity contribution is 6.18. The first-order valence-corrected chi connectivity index (χ1v) is 6.60. The smallest absolute Gasteiger partial charge is 0.223 e. The van der Waals surface area contributed by atoms with Gasteiger partial charge >= 0.3 is 0 Å². The summed E-state index contributed by atoms with van der Waals surface area (Å²) < 4.78 is 0. The molecule has 0 aromatic heterocycles. The maximum Gasteiger partial charge on any atom is 0.223 e. The Labute approximate surface area is 95.8 Å². The van der Waals surface area contributed by atoms with Crippen molar-refractivity contribution in [2.75, 3.05) is 12.4 Å². The minimum atomic E-state index is 0.263. The second-order valence-corrected chi connectivity index (χ2v) is 6.04. The van der Waals surface area contributed by atoms with Crippen LogP contribution in [0.5, 0.6) is 0 Å². The number of carbonyl (C=O) groups is 1. The molecule has 15 heavy (non-hydrogen) atoms. The largest absolute Gasteiger partial charge is 0.355 e. The van der Waals surface area contributed by atoms with E-state index < -0.39 is 0 Å². The van der Waals surface area contributed by atoms with Crippen LogP contribution >= 0.6 is 11.6 Å². The van der Waals surface area contributed by atoms with Crippen molar-refractivity contribution in [2.45, 2.75) is 32.1 Å². The van der Waals surface area contributed by atoms with Crippen LogP contribution in [-0.4, -0.2) is 18.3 Å². The van der Waals surface area contributed by atoms with Crippen molar-refractivity contribution in [1.29, 1.82) is 0 Å². The molecule has 3 rings (SSSR count). The molecule has 0 aromatic rings. The Balaban J connectivity index is 1.45. The number of halogens is 1. The fourth-order valence-electron chi connectivity index (χ4n) is 2.88. The van der Waals surface area contributed by atoms with Crippen molar-refractivity contribution in [2.24, 2.45) is 23.2 Å². The van der Waals surface area contributed by atoms with E-state index in [2.05, 4.69) is 5.32 Å². The highest BCUT2D eigenvalue weighted by atomic mass is 35.5. The summed E-state index contributed by atoms with van der Waals surface area (Å²) in [4.78, 5) is 11.8.